The molecule has 4 heteroatoms. The van der Waals surface area contributed by atoms with Crippen molar-refractivity contribution in [2.75, 3.05) is 6.61 Å². The molecule has 1 atom stereocenters. The van der Waals surface area contributed by atoms with Gasteiger partial charge in [-0.25, -0.2) is 0 Å². The van der Waals surface area contributed by atoms with E-state index in [4.69, 9.17) is 33.7 Å². The van der Waals surface area contributed by atoms with Crippen LogP contribution in [0.4, 0.5) is 0 Å². The van der Waals surface area contributed by atoms with E-state index in [1.165, 1.54) is 5.56 Å². The number of rotatable bonds is 3. The Kier molecular flexibility index (Phi) is 4.12. The molecular formula is C17H17Cl2NO. The Balaban J connectivity index is 1.92. The first-order valence-electron chi connectivity index (χ1n) is 7.01. The summed E-state index contributed by atoms with van der Waals surface area (Å²) >= 11 is 12.4. The summed E-state index contributed by atoms with van der Waals surface area (Å²) in [6.45, 7) is 2.71. The zero-order valence-corrected chi connectivity index (χ0v) is 13.3. The molecule has 2 aromatic carbocycles. The van der Waals surface area contributed by atoms with E-state index < -0.39 is 0 Å². The third-order valence-electron chi connectivity index (χ3n) is 3.97. The first-order chi connectivity index (χ1) is 10.1. The normalized spacial score (nSPS) is 14.7. The quantitative estimate of drug-likeness (QED) is 0.904. The van der Waals surface area contributed by atoms with E-state index in [-0.39, 0.29) is 6.04 Å². The minimum atomic E-state index is -0.129. The number of benzene rings is 2. The molecule has 0 aliphatic carbocycles. The third kappa shape index (κ3) is 2.89. The number of ether oxygens (including phenoxy) is 1. The molecule has 1 aliphatic rings. The summed E-state index contributed by atoms with van der Waals surface area (Å²) in [4.78, 5) is 0. The van der Waals surface area contributed by atoms with Crippen LogP contribution in [0.2, 0.25) is 10.0 Å². The van der Waals surface area contributed by atoms with Gasteiger partial charge in [-0.15, -0.1) is 0 Å². The van der Waals surface area contributed by atoms with Gasteiger partial charge < -0.3 is 10.5 Å². The summed E-state index contributed by atoms with van der Waals surface area (Å²) in [5, 5.41) is 1.49. The molecule has 2 N–H and O–H groups in total. The number of hydrogen-bond donors (Lipinski definition) is 1. The van der Waals surface area contributed by atoms with Gasteiger partial charge in [0.05, 0.1) is 6.61 Å². The Morgan fingerprint density at radius 2 is 2.10 bits per heavy atom. The van der Waals surface area contributed by atoms with Gasteiger partial charge in [0.1, 0.15) is 5.75 Å². The van der Waals surface area contributed by atoms with Gasteiger partial charge in [-0.3, -0.25) is 0 Å². The molecule has 2 nitrogen and oxygen atoms in total. The summed E-state index contributed by atoms with van der Waals surface area (Å²) in [7, 11) is 0. The molecule has 0 fully saturated rings. The lowest BCUT2D eigenvalue weighted by atomic mass is 9.94. The Morgan fingerprint density at radius 1 is 1.29 bits per heavy atom. The van der Waals surface area contributed by atoms with Crippen molar-refractivity contribution in [1.82, 2.24) is 0 Å². The second kappa shape index (κ2) is 5.88. The van der Waals surface area contributed by atoms with Crippen molar-refractivity contribution in [3.05, 3.63) is 62.6 Å². The summed E-state index contributed by atoms with van der Waals surface area (Å²) < 4.78 is 5.74. The van der Waals surface area contributed by atoms with Crippen molar-refractivity contribution in [2.45, 2.75) is 25.8 Å². The first-order valence-corrected chi connectivity index (χ1v) is 7.76. The summed E-state index contributed by atoms with van der Waals surface area (Å²) in [6.07, 6.45) is 1.60. The van der Waals surface area contributed by atoms with Crippen LogP contribution in [-0.4, -0.2) is 6.61 Å². The molecule has 2 aromatic rings. The Bertz CT molecular complexity index is 685. The van der Waals surface area contributed by atoms with Crippen LogP contribution in [0.25, 0.3) is 0 Å². The molecule has 0 amide bonds. The third-order valence-corrected chi connectivity index (χ3v) is 4.60. The van der Waals surface area contributed by atoms with Gasteiger partial charge in [0.25, 0.3) is 0 Å². The van der Waals surface area contributed by atoms with E-state index in [1.54, 1.807) is 0 Å². The van der Waals surface area contributed by atoms with Gasteiger partial charge in [0.15, 0.2) is 0 Å². The minimum absolute atomic E-state index is 0.129. The zero-order chi connectivity index (χ0) is 15.0. The minimum Gasteiger partial charge on any atom is -0.493 e. The molecular weight excluding hydrogens is 305 g/mol. The number of fused-ring (bicyclic) bond motifs is 1. The van der Waals surface area contributed by atoms with E-state index in [9.17, 15) is 0 Å². The molecule has 1 aliphatic heterocycles. The second-order valence-electron chi connectivity index (χ2n) is 5.42. The van der Waals surface area contributed by atoms with E-state index in [0.29, 0.717) is 13.0 Å². The molecule has 0 saturated carbocycles. The lowest BCUT2D eigenvalue weighted by Gasteiger charge is -2.17. The van der Waals surface area contributed by atoms with Gasteiger partial charge in [-0.2, -0.15) is 0 Å². The number of hydrogen-bond acceptors (Lipinski definition) is 2. The molecule has 0 saturated heterocycles. The van der Waals surface area contributed by atoms with Crippen molar-refractivity contribution in [3.63, 3.8) is 0 Å². The fourth-order valence-corrected chi connectivity index (χ4v) is 3.32. The van der Waals surface area contributed by atoms with Crippen LogP contribution in [0.5, 0.6) is 5.75 Å². The van der Waals surface area contributed by atoms with Crippen molar-refractivity contribution in [3.8, 4) is 5.75 Å². The number of halogens is 2. The van der Waals surface area contributed by atoms with Crippen molar-refractivity contribution < 1.29 is 4.74 Å². The monoisotopic (exact) mass is 321 g/mol. The van der Waals surface area contributed by atoms with Crippen LogP contribution in [0, 0.1) is 6.92 Å². The Labute approximate surface area is 134 Å². The fourth-order valence-electron chi connectivity index (χ4n) is 2.87. The molecule has 0 aromatic heterocycles. The summed E-state index contributed by atoms with van der Waals surface area (Å²) in [5.41, 5.74) is 10.7. The molecule has 1 heterocycles. The smallest absolute Gasteiger partial charge is 0.125 e. The number of nitrogens with two attached hydrogens (primary N) is 1. The van der Waals surface area contributed by atoms with Crippen LogP contribution in [0.3, 0.4) is 0 Å². The van der Waals surface area contributed by atoms with Gasteiger partial charge in [-0.05, 0) is 53.8 Å². The van der Waals surface area contributed by atoms with Crippen LogP contribution in [0.1, 0.15) is 28.3 Å². The molecule has 0 radical (unpaired) electrons. The average Bonchev–Trinajstić information content (AvgIpc) is 2.90. The predicted octanol–water partition coefficient (Wildman–Crippen LogP) is 4.48. The average molecular weight is 322 g/mol. The largest absolute Gasteiger partial charge is 0.493 e. The highest BCUT2D eigenvalue weighted by Crippen LogP contribution is 2.35. The molecule has 110 valence electrons. The van der Waals surface area contributed by atoms with Crippen molar-refractivity contribution in [2.24, 2.45) is 5.73 Å². The van der Waals surface area contributed by atoms with Gasteiger partial charge >= 0.3 is 0 Å². The maximum atomic E-state index is 6.38. The molecule has 0 bridgehead atoms. The van der Waals surface area contributed by atoms with E-state index >= 15 is 0 Å². The van der Waals surface area contributed by atoms with Crippen molar-refractivity contribution in [1.29, 1.82) is 0 Å². The maximum Gasteiger partial charge on any atom is 0.125 e. The standard InChI is InChI=1S/C17H17Cl2NO/c1-10-14(3-2-4-15(10)19)16(20)9-12-8-13(18)7-11-5-6-21-17(11)12/h2-4,7-8,16H,5-6,9,20H2,1H3. The highest BCUT2D eigenvalue weighted by Gasteiger charge is 2.20. The molecule has 1 unspecified atom stereocenters. The van der Waals surface area contributed by atoms with Gasteiger partial charge in [0, 0.05) is 22.5 Å². The Morgan fingerprint density at radius 3 is 2.90 bits per heavy atom. The first kappa shape index (κ1) is 14.7. The Hall–Kier alpha value is -1.22. The van der Waals surface area contributed by atoms with Crippen LogP contribution in [-0.2, 0) is 12.8 Å². The van der Waals surface area contributed by atoms with Crippen LogP contribution >= 0.6 is 23.2 Å². The van der Waals surface area contributed by atoms with E-state index in [0.717, 1.165) is 38.9 Å². The van der Waals surface area contributed by atoms with Crippen LogP contribution in [0.15, 0.2) is 30.3 Å². The lowest BCUT2D eigenvalue weighted by molar-refractivity contribution is 0.352. The SMILES string of the molecule is Cc1c(Cl)cccc1C(N)Cc1cc(Cl)cc2c1OCC2. The summed E-state index contributed by atoms with van der Waals surface area (Å²) in [5.74, 6) is 0.953. The zero-order valence-electron chi connectivity index (χ0n) is 11.8. The van der Waals surface area contributed by atoms with Crippen LogP contribution < -0.4 is 10.5 Å². The second-order valence-corrected chi connectivity index (χ2v) is 6.26. The van der Waals surface area contributed by atoms with Crippen molar-refractivity contribution >= 4 is 23.2 Å². The molecule has 0 spiro atoms. The molecule has 3 rings (SSSR count). The fraction of sp³-hybridized carbons (Fsp3) is 0.294. The molecule has 21 heavy (non-hydrogen) atoms. The summed E-state index contributed by atoms with van der Waals surface area (Å²) in [6, 6.07) is 9.64. The lowest BCUT2D eigenvalue weighted by Crippen LogP contribution is -2.15. The highest BCUT2D eigenvalue weighted by molar-refractivity contribution is 6.31. The topological polar surface area (TPSA) is 35.2 Å². The highest BCUT2D eigenvalue weighted by atomic mass is 35.5. The van der Waals surface area contributed by atoms with Gasteiger partial charge in [-0.1, -0.05) is 35.3 Å². The van der Waals surface area contributed by atoms with E-state index in [2.05, 4.69) is 0 Å². The van der Waals surface area contributed by atoms with Gasteiger partial charge in [0.2, 0.25) is 0 Å². The van der Waals surface area contributed by atoms with E-state index in [1.807, 2.05) is 37.3 Å². The maximum absolute atomic E-state index is 6.38. The predicted molar refractivity (Wildman–Crippen MR) is 87.5 cm³/mol.